The number of likely N-dealkylation sites (N-methyl/N-ethyl adjacent to an activating group) is 1. The zero-order chi connectivity index (χ0) is 30.4. The van der Waals surface area contributed by atoms with Gasteiger partial charge in [0.1, 0.15) is 17.3 Å². The first-order valence-electron chi connectivity index (χ1n) is 15.7. The van der Waals surface area contributed by atoms with Crippen molar-refractivity contribution in [1.29, 1.82) is 0 Å². The lowest BCUT2D eigenvalue weighted by Gasteiger charge is -2.41. The third kappa shape index (κ3) is 5.14. The summed E-state index contributed by atoms with van der Waals surface area (Å²) in [6.45, 7) is 6.72. The van der Waals surface area contributed by atoms with Crippen molar-refractivity contribution in [2.45, 2.75) is 44.6 Å². The normalized spacial score (nSPS) is 19.9. The molecule has 5 aromatic rings. The molecule has 9 heteroatoms. The van der Waals surface area contributed by atoms with Gasteiger partial charge in [-0.2, -0.15) is 0 Å². The van der Waals surface area contributed by atoms with Gasteiger partial charge in [-0.1, -0.05) is 24.3 Å². The number of nitrogens with one attached hydrogen (secondary N) is 1. The molecule has 1 saturated heterocycles. The van der Waals surface area contributed by atoms with Gasteiger partial charge in [-0.25, -0.2) is 4.98 Å². The van der Waals surface area contributed by atoms with E-state index in [1.807, 2.05) is 73.3 Å². The molecule has 3 aromatic heterocycles. The molecule has 1 saturated carbocycles. The Morgan fingerprint density at radius 1 is 0.977 bits per heavy atom. The number of aryl methyl sites for hydroxylation is 2. The van der Waals surface area contributed by atoms with E-state index in [0.29, 0.717) is 29.1 Å². The van der Waals surface area contributed by atoms with E-state index in [4.69, 9.17) is 9.72 Å². The number of nitrogens with zero attached hydrogens (tertiary/aromatic N) is 6. The minimum atomic E-state index is -0.184. The van der Waals surface area contributed by atoms with Crippen molar-refractivity contribution in [3.63, 3.8) is 0 Å². The van der Waals surface area contributed by atoms with Crippen molar-refractivity contribution in [1.82, 2.24) is 28.7 Å². The molecule has 0 atom stereocenters. The third-order valence-electron chi connectivity index (χ3n) is 9.79. The van der Waals surface area contributed by atoms with E-state index in [1.165, 1.54) is 25.9 Å². The number of amides is 1. The number of benzene rings is 2. The van der Waals surface area contributed by atoms with Gasteiger partial charge in [0.15, 0.2) is 0 Å². The van der Waals surface area contributed by atoms with Crippen LogP contribution in [-0.4, -0.2) is 81.0 Å². The maximum atomic E-state index is 13.3. The molecule has 7 rings (SSSR count). The van der Waals surface area contributed by atoms with Crippen molar-refractivity contribution in [3.05, 3.63) is 78.1 Å². The zero-order valence-electron chi connectivity index (χ0n) is 26.1. The van der Waals surface area contributed by atoms with E-state index in [2.05, 4.69) is 37.7 Å². The number of carbonyl (C=O) groups is 1. The molecule has 0 radical (unpaired) electrons. The number of para-hydroxylation sites is 1. The van der Waals surface area contributed by atoms with Crippen LogP contribution in [0.1, 0.15) is 53.6 Å². The van der Waals surface area contributed by atoms with E-state index in [1.54, 1.807) is 7.11 Å². The topological polar surface area (TPSA) is 79.9 Å². The van der Waals surface area contributed by atoms with Gasteiger partial charge in [-0.15, -0.1) is 0 Å². The molecule has 4 heterocycles. The maximum Gasteiger partial charge on any atom is 0.272 e. The first-order valence-corrected chi connectivity index (χ1v) is 15.7. The molecule has 2 fully saturated rings. The van der Waals surface area contributed by atoms with Crippen LogP contribution in [0.25, 0.3) is 27.7 Å². The monoisotopic (exact) mass is 591 g/mol. The molecule has 0 unspecified atom stereocenters. The summed E-state index contributed by atoms with van der Waals surface area (Å²) in [6.07, 6.45) is 8.62. The summed E-state index contributed by atoms with van der Waals surface area (Å²) >= 11 is 0. The first kappa shape index (κ1) is 28.6. The van der Waals surface area contributed by atoms with Gasteiger partial charge >= 0.3 is 0 Å². The minimum absolute atomic E-state index is 0.184. The number of carbonyl (C=O) groups excluding carboxylic acids is 1. The van der Waals surface area contributed by atoms with Gasteiger partial charge in [0, 0.05) is 74.0 Å². The second kappa shape index (κ2) is 11.7. The average Bonchev–Trinajstić information content (AvgIpc) is 3.61. The SMILES string of the molecule is COc1cc(-c2nc([C@H]3CC[C@H](N4CCN(C)CC4)CC3)n3ccnc(C)c23)ccc1NC(=O)c1cc2ccccc2n1C. The van der Waals surface area contributed by atoms with Crippen LogP contribution in [0.5, 0.6) is 5.75 Å². The molecular formula is C35H41N7O2. The van der Waals surface area contributed by atoms with Crippen LogP contribution < -0.4 is 10.1 Å². The highest BCUT2D eigenvalue weighted by Crippen LogP contribution is 2.39. The van der Waals surface area contributed by atoms with Crippen molar-refractivity contribution < 1.29 is 9.53 Å². The number of rotatable bonds is 6. The number of fused-ring (bicyclic) bond motifs is 2. The number of hydrogen-bond donors (Lipinski definition) is 1. The lowest BCUT2D eigenvalue weighted by atomic mass is 9.84. The highest BCUT2D eigenvalue weighted by atomic mass is 16.5. The van der Waals surface area contributed by atoms with Gasteiger partial charge in [-0.05, 0) is 63.9 Å². The van der Waals surface area contributed by atoms with E-state index >= 15 is 0 Å². The van der Waals surface area contributed by atoms with Gasteiger partial charge < -0.3 is 19.5 Å². The smallest absolute Gasteiger partial charge is 0.272 e. The zero-order valence-corrected chi connectivity index (χ0v) is 26.1. The molecule has 44 heavy (non-hydrogen) atoms. The highest BCUT2D eigenvalue weighted by molar-refractivity contribution is 6.07. The van der Waals surface area contributed by atoms with Crippen molar-refractivity contribution >= 4 is 28.0 Å². The molecule has 9 nitrogen and oxygen atoms in total. The molecule has 0 bridgehead atoms. The lowest BCUT2D eigenvalue weighted by Crippen LogP contribution is -2.49. The van der Waals surface area contributed by atoms with Crippen LogP contribution in [0.4, 0.5) is 5.69 Å². The number of hydrogen-bond acceptors (Lipinski definition) is 6. The summed E-state index contributed by atoms with van der Waals surface area (Å²) < 4.78 is 9.96. The summed E-state index contributed by atoms with van der Waals surface area (Å²) in [5.74, 6) is 1.93. The summed E-state index contributed by atoms with van der Waals surface area (Å²) in [5, 5.41) is 4.10. The summed E-state index contributed by atoms with van der Waals surface area (Å²) in [7, 11) is 5.76. The molecule has 0 spiro atoms. The van der Waals surface area contributed by atoms with Gasteiger partial charge in [0.25, 0.3) is 5.91 Å². The number of piperazine rings is 1. The molecule has 1 amide bonds. The predicted molar refractivity (Wildman–Crippen MR) is 175 cm³/mol. The Morgan fingerprint density at radius 2 is 1.75 bits per heavy atom. The van der Waals surface area contributed by atoms with Crippen LogP contribution >= 0.6 is 0 Å². The fourth-order valence-corrected chi connectivity index (χ4v) is 7.23. The number of imidazole rings is 1. The Bertz CT molecular complexity index is 1820. The van der Waals surface area contributed by atoms with Gasteiger partial charge in [0.2, 0.25) is 0 Å². The Kier molecular flexibility index (Phi) is 7.60. The van der Waals surface area contributed by atoms with Crippen molar-refractivity contribution in [3.8, 4) is 17.0 Å². The van der Waals surface area contributed by atoms with Crippen molar-refractivity contribution in [2.75, 3.05) is 45.7 Å². The molecule has 1 aliphatic heterocycles. The number of methoxy groups -OCH3 is 1. The summed E-state index contributed by atoms with van der Waals surface area (Å²) in [5.41, 5.74) is 6.03. The first-order chi connectivity index (χ1) is 21.4. The molecule has 2 aromatic carbocycles. The third-order valence-corrected chi connectivity index (χ3v) is 9.79. The lowest BCUT2D eigenvalue weighted by molar-refractivity contribution is 0.0872. The highest BCUT2D eigenvalue weighted by Gasteiger charge is 2.31. The quantitative estimate of drug-likeness (QED) is 0.272. The number of anilines is 1. The van der Waals surface area contributed by atoms with Crippen LogP contribution in [0, 0.1) is 6.92 Å². The van der Waals surface area contributed by atoms with Crippen LogP contribution in [0.3, 0.4) is 0 Å². The maximum absolute atomic E-state index is 13.3. The van der Waals surface area contributed by atoms with Crippen LogP contribution in [0.2, 0.25) is 0 Å². The number of aromatic nitrogens is 4. The van der Waals surface area contributed by atoms with Crippen LogP contribution in [-0.2, 0) is 7.05 Å². The predicted octanol–water partition coefficient (Wildman–Crippen LogP) is 5.73. The molecule has 1 aliphatic carbocycles. The Morgan fingerprint density at radius 3 is 2.50 bits per heavy atom. The fourth-order valence-electron chi connectivity index (χ4n) is 7.23. The van der Waals surface area contributed by atoms with E-state index in [9.17, 15) is 4.79 Å². The number of ether oxygens (including phenoxy) is 1. The van der Waals surface area contributed by atoms with E-state index in [-0.39, 0.29) is 5.91 Å². The van der Waals surface area contributed by atoms with E-state index < -0.39 is 0 Å². The molecule has 228 valence electrons. The summed E-state index contributed by atoms with van der Waals surface area (Å²) in [6, 6.07) is 16.5. The van der Waals surface area contributed by atoms with Crippen molar-refractivity contribution in [2.24, 2.45) is 7.05 Å². The van der Waals surface area contributed by atoms with Crippen LogP contribution in [0.15, 0.2) is 60.9 Å². The Balaban J connectivity index is 1.15. The Labute approximate surface area is 258 Å². The van der Waals surface area contributed by atoms with Gasteiger partial charge in [-0.3, -0.25) is 19.1 Å². The second-order valence-electron chi connectivity index (χ2n) is 12.4. The Hall–Kier alpha value is -4.21. The molecule has 2 aliphatic rings. The summed E-state index contributed by atoms with van der Waals surface area (Å²) in [4.78, 5) is 28.4. The van der Waals surface area contributed by atoms with E-state index in [0.717, 1.165) is 65.1 Å². The fraction of sp³-hybridized carbons (Fsp3) is 0.400. The standard InChI is InChI=1S/C35H41N7O2/c1-23-33-32(38-34(42(33)16-15-36-23)24-9-12-27(13-10-24)41-19-17-39(2)18-20-41)26-11-14-28(31(22-26)44-4)37-35(43)30-21-25-7-5-6-8-29(25)40(30)3/h5-8,11,14-16,21-22,24,27H,9-10,12-13,17-20H2,1-4H3,(H,37,43)/t24-,27-. The largest absolute Gasteiger partial charge is 0.495 e. The molecule has 1 N–H and O–H groups in total. The minimum Gasteiger partial charge on any atom is -0.495 e. The second-order valence-corrected chi connectivity index (χ2v) is 12.4. The van der Waals surface area contributed by atoms with Gasteiger partial charge in [0.05, 0.1) is 29.7 Å². The average molecular weight is 592 g/mol. The molecular weight excluding hydrogens is 550 g/mol.